The Balaban J connectivity index is 2.68. The predicted octanol–water partition coefficient (Wildman–Crippen LogP) is 1.44. The minimum absolute atomic E-state index is 0.202. The number of aromatic nitrogens is 1. The van der Waals surface area contributed by atoms with Crippen LogP contribution in [-0.2, 0) is 0 Å². The topological polar surface area (TPSA) is 91.4 Å². The first-order valence-electron chi connectivity index (χ1n) is 5.45. The zero-order valence-electron chi connectivity index (χ0n) is 10.3. The lowest BCUT2D eigenvalue weighted by atomic mass is 10.2. The third kappa shape index (κ3) is 3.97. The first kappa shape index (κ1) is 13.8. The highest BCUT2D eigenvalue weighted by Gasteiger charge is 2.04. The van der Waals surface area contributed by atoms with Crippen LogP contribution in [-0.4, -0.2) is 29.3 Å². The third-order valence-corrected chi connectivity index (χ3v) is 2.32. The summed E-state index contributed by atoms with van der Waals surface area (Å²) >= 11 is 0. The summed E-state index contributed by atoms with van der Waals surface area (Å²) in [4.78, 5) is 24.9. The Morgan fingerprint density at radius 2 is 2.33 bits per heavy atom. The van der Waals surface area contributed by atoms with Gasteiger partial charge >= 0.3 is 6.09 Å². The Labute approximate surface area is 104 Å². The van der Waals surface area contributed by atoms with Gasteiger partial charge in [0.2, 0.25) is 5.43 Å². The molecule has 1 rings (SSSR count). The van der Waals surface area contributed by atoms with Crippen molar-refractivity contribution in [3.05, 3.63) is 34.3 Å². The summed E-state index contributed by atoms with van der Waals surface area (Å²) in [6.45, 7) is 1.74. The summed E-state index contributed by atoms with van der Waals surface area (Å²) in [7, 11) is 1.43. The number of rotatable bonds is 5. The van der Waals surface area contributed by atoms with Gasteiger partial charge in [-0.15, -0.1) is 0 Å². The van der Waals surface area contributed by atoms with Crippen LogP contribution >= 0.6 is 0 Å². The second-order valence-electron chi connectivity index (χ2n) is 3.80. The Hall–Kier alpha value is -2.24. The maximum absolute atomic E-state index is 11.7. The molecule has 1 aromatic rings. The van der Waals surface area contributed by atoms with Crippen LogP contribution in [0.5, 0.6) is 5.75 Å². The molecule has 1 amide bonds. The van der Waals surface area contributed by atoms with Gasteiger partial charge in [0, 0.05) is 24.0 Å². The molecule has 6 heteroatoms. The summed E-state index contributed by atoms with van der Waals surface area (Å²) in [5.41, 5.74) is 0.267. The molecule has 0 radical (unpaired) electrons. The molecule has 0 saturated heterocycles. The number of pyridine rings is 1. The van der Waals surface area contributed by atoms with Crippen molar-refractivity contribution in [1.82, 2.24) is 10.3 Å². The Kier molecular flexibility index (Phi) is 4.98. The molecule has 6 nitrogen and oxygen atoms in total. The number of carbonyl (C=O) groups is 1. The fourth-order valence-corrected chi connectivity index (χ4v) is 1.42. The minimum Gasteiger partial charge on any atom is -0.491 e. The molecule has 0 aromatic carbocycles. The lowest BCUT2D eigenvalue weighted by Crippen LogP contribution is -2.30. The van der Waals surface area contributed by atoms with Crippen molar-refractivity contribution in [2.24, 2.45) is 0 Å². The highest BCUT2D eigenvalue weighted by molar-refractivity contribution is 5.64. The number of H-pyrrole nitrogens is 1. The van der Waals surface area contributed by atoms with Gasteiger partial charge in [0.15, 0.2) is 5.75 Å². The van der Waals surface area contributed by atoms with Crippen LogP contribution in [0.1, 0.15) is 18.9 Å². The number of nitrogens with one attached hydrogen (secondary N) is 2. The van der Waals surface area contributed by atoms with E-state index in [0.29, 0.717) is 12.0 Å². The van der Waals surface area contributed by atoms with Crippen molar-refractivity contribution in [3.63, 3.8) is 0 Å². The monoisotopic (exact) mass is 252 g/mol. The summed E-state index contributed by atoms with van der Waals surface area (Å²) < 4.78 is 4.90. The molecule has 0 aliphatic rings. The van der Waals surface area contributed by atoms with E-state index in [0.717, 1.165) is 0 Å². The van der Waals surface area contributed by atoms with Gasteiger partial charge < -0.3 is 20.1 Å². The molecule has 1 unspecified atom stereocenters. The van der Waals surface area contributed by atoms with Crippen LogP contribution in [0.15, 0.2) is 23.3 Å². The number of hydrogen-bond acceptors (Lipinski definition) is 3. The number of aromatic amines is 1. The quantitative estimate of drug-likeness (QED) is 0.739. The zero-order valence-corrected chi connectivity index (χ0v) is 10.3. The maximum atomic E-state index is 11.7. The van der Waals surface area contributed by atoms with Crippen LogP contribution in [0.3, 0.4) is 0 Å². The lowest BCUT2D eigenvalue weighted by Gasteiger charge is -2.07. The standard InChI is InChI=1S/C12H16N2O4/c1-8(14-12(16)17)4-3-5-9-6-13-7-10(18-2)11(9)15/h3,5-8,14H,4H2,1-2H3,(H,13,15)(H,16,17)/b5-3+. The van der Waals surface area contributed by atoms with Gasteiger partial charge in [0.05, 0.1) is 7.11 Å². The van der Waals surface area contributed by atoms with Crippen molar-refractivity contribution in [2.45, 2.75) is 19.4 Å². The molecule has 0 saturated carbocycles. The molecule has 0 bridgehead atoms. The van der Waals surface area contributed by atoms with E-state index < -0.39 is 6.09 Å². The normalized spacial score (nSPS) is 12.3. The third-order valence-electron chi connectivity index (χ3n) is 2.32. The number of amides is 1. The van der Waals surface area contributed by atoms with Gasteiger partial charge in [-0.1, -0.05) is 12.2 Å². The number of methoxy groups -OCH3 is 1. The van der Waals surface area contributed by atoms with Gasteiger partial charge in [0.1, 0.15) is 0 Å². The number of hydrogen-bond donors (Lipinski definition) is 3. The molecule has 1 heterocycles. The Morgan fingerprint density at radius 3 is 2.94 bits per heavy atom. The van der Waals surface area contributed by atoms with Crippen LogP contribution in [0.25, 0.3) is 6.08 Å². The Bertz CT molecular complexity index is 493. The summed E-state index contributed by atoms with van der Waals surface area (Å²) in [5, 5.41) is 10.8. The van der Waals surface area contributed by atoms with E-state index in [9.17, 15) is 9.59 Å². The molecule has 3 N–H and O–H groups in total. The summed E-state index contributed by atoms with van der Waals surface area (Å²) in [5.74, 6) is 0.244. The predicted molar refractivity (Wildman–Crippen MR) is 67.9 cm³/mol. The van der Waals surface area contributed by atoms with Gasteiger partial charge in [-0.2, -0.15) is 0 Å². The molecular weight excluding hydrogens is 236 g/mol. The molecule has 1 atom stereocenters. The zero-order chi connectivity index (χ0) is 13.5. The van der Waals surface area contributed by atoms with E-state index in [2.05, 4.69) is 10.3 Å². The minimum atomic E-state index is -1.06. The van der Waals surface area contributed by atoms with Gasteiger partial charge in [0.25, 0.3) is 0 Å². The van der Waals surface area contributed by atoms with Crippen LogP contribution in [0, 0.1) is 0 Å². The summed E-state index contributed by atoms with van der Waals surface area (Å²) in [6, 6.07) is -0.205. The molecule has 98 valence electrons. The average Bonchev–Trinajstić information content (AvgIpc) is 2.30. The van der Waals surface area contributed by atoms with Crippen molar-refractivity contribution in [1.29, 1.82) is 0 Å². The average molecular weight is 252 g/mol. The highest BCUT2D eigenvalue weighted by Crippen LogP contribution is 2.04. The number of ether oxygens (including phenoxy) is 1. The first-order chi connectivity index (χ1) is 8.54. The molecule has 0 fully saturated rings. The second-order valence-corrected chi connectivity index (χ2v) is 3.80. The highest BCUT2D eigenvalue weighted by atomic mass is 16.5. The number of carboxylic acid groups (broad SMARTS) is 1. The lowest BCUT2D eigenvalue weighted by molar-refractivity contribution is 0.191. The van der Waals surface area contributed by atoms with Crippen molar-refractivity contribution >= 4 is 12.2 Å². The van der Waals surface area contributed by atoms with E-state index in [1.165, 1.54) is 13.3 Å². The van der Waals surface area contributed by atoms with E-state index in [1.54, 1.807) is 25.3 Å². The van der Waals surface area contributed by atoms with Crippen LogP contribution in [0.2, 0.25) is 0 Å². The fraction of sp³-hybridized carbons (Fsp3) is 0.333. The first-order valence-corrected chi connectivity index (χ1v) is 5.45. The smallest absolute Gasteiger partial charge is 0.404 e. The van der Waals surface area contributed by atoms with Crippen molar-refractivity contribution in [2.75, 3.05) is 7.11 Å². The van der Waals surface area contributed by atoms with Gasteiger partial charge in [-0.25, -0.2) is 4.79 Å². The van der Waals surface area contributed by atoms with Crippen molar-refractivity contribution in [3.8, 4) is 5.75 Å². The molecule has 0 spiro atoms. The molecular formula is C12H16N2O4. The largest absolute Gasteiger partial charge is 0.491 e. The maximum Gasteiger partial charge on any atom is 0.404 e. The van der Waals surface area contributed by atoms with Crippen LogP contribution < -0.4 is 15.5 Å². The van der Waals surface area contributed by atoms with E-state index >= 15 is 0 Å². The summed E-state index contributed by atoms with van der Waals surface area (Å²) in [6.07, 6.45) is 5.87. The van der Waals surface area contributed by atoms with Crippen molar-refractivity contribution < 1.29 is 14.6 Å². The van der Waals surface area contributed by atoms with Gasteiger partial charge in [-0.05, 0) is 13.3 Å². The van der Waals surface area contributed by atoms with Crippen LogP contribution in [0.4, 0.5) is 4.79 Å². The molecule has 0 aliphatic carbocycles. The second kappa shape index (κ2) is 6.48. The SMILES string of the molecule is COc1c[nH]cc(/C=C/CC(C)NC(=O)O)c1=O. The fourth-order valence-electron chi connectivity index (χ4n) is 1.42. The van der Waals surface area contributed by atoms with E-state index in [4.69, 9.17) is 9.84 Å². The molecule has 1 aromatic heterocycles. The van der Waals surface area contributed by atoms with E-state index in [1.807, 2.05) is 0 Å². The van der Waals surface area contributed by atoms with E-state index in [-0.39, 0.29) is 17.2 Å². The van der Waals surface area contributed by atoms with Gasteiger partial charge in [-0.3, -0.25) is 4.79 Å². The Morgan fingerprint density at radius 1 is 1.61 bits per heavy atom. The molecule has 0 aliphatic heterocycles. The molecule has 18 heavy (non-hydrogen) atoms.